The Kier molecular flexibility index (Phi) is 5.95. The average Bonchev–Trinajstić information content (AvgIpc) is 2.90. The molecule has 5 rings (SSSR count). The third-order valence-electron chi connectivity index (χ3n) is 5.55. The number of nitrogens with zero attached hydrogens (tertiary/aromatic N) is 4. The Morgan fingerprint density at radius 1 is 0.972 bits per heavy atom. The van der Waals surface area contributed by atoms with Crippen LogP contribution in [0.25, 0.3) is 16.6 Å². The molecule has 0 saturated heterocycles. The standard InChI is InChI=1S/C28H19N5O3/c1-18-31-24-8-4-3-7-23(24)28(35)33(18)22-13-10-19(11-14-22)27(34)32-21-12-15-26(30-17-21)36-25-9-5-2-6-20(25)16-29/h2-15,17H,1H3,(H,32,34). The van der Waals surface area contributed by atoms with E-state index >= 15 is 0 Å². The quantitative estimate of drug-likeness (QED) is 0.384. The molecule has 5 aromatic rings. The van der Waals surface area contributed by atoms with Gasteiger partial charge in [0.25, 0.3) is 11.5 Å². The predicted molar refractivity (Wildman–Crippen MR) is 135 cm³/mol. The summed E-state index contributed by atoms with van der Waals surface area (Å²) < 4.78 is 7.19. The Balaban J connectivity index is 1.31. The zero-order chi connectivity index (χ0) is 25.1. The molecule has 0 aliphatic rings. The fourth-order valence-electron chi connectivity index (χ4n) is 3.79. The first kappa shape index (κ1) is 22.5. The molecule has 0 unspecified atom stereocenters. The number of carbonyl (C=O) groups excluding carboxylic acids is 1. The maximum Gasteiger partial charge on any atom is 0.265 e. The summed E-state index contributed by atoms with van der Waals surface area (Å²) in [6.07, 6.45) is 1.47. The fraction of sp³-hybridized carbons (Fsp3) is 0.0357. The molecule has 0 saturated carbocycles. The molecule has 0 radical (unpaired) electrons. The molecule has 2 aromatic heterocycles. The van der Waals surface area contributed by atoms with Crippen molar-refractivity contribution >= 4 is 22.5 Å². The lowest BCUT2D eigenvalue weighted by molar-refractivity contribution is 0.102. The van der Waals surface area contributed by atoms with Crippen LogP contribution in [0.1, 0.15) is 21.7 Å². The molecule has 2 heterocycles. The van der Waals surface area contributed by atoms with Crippen molar-refractivity contribution < 1.29 is 9.53 Å². The molecule has 0 aliphatic heterocycles. The Labute approximate surface area is 206 Å². The molecular formula is C28H19N5O3. The number of fused-ring (bicyclic) bond motifs is 1. The second kappa shape index (κ2) is 9.52. The minimum atomic E-state index is -0.326. The van der Waals surface area contributed by atoms with Gasteiger partial charge in [0.2, 0.25) is 5.88 Å². The van der Waals surface area contributed by atoms with Crippen LogP contribution in [0.4, 0.5) is 5.69 Å². The van der Waals surface area contributed by atoms with E-state index in [1.165, 1.54) is 10.8 Å². The number of carbonyl (C=O) groups is 1. The van der Waals surface area contributed by atoms with Crippen molar-refractivity contribution in [2.45, 2.75) is 6.92 Å². The van der Waals surface area contributed by atoms with Gasteiger partial charge in [-0.15, -0.1) is 0 Å². The van der Waals surface area contributed by atoms with E-state index in [1.54, 1.807) is 85.8 Å². The summed E-state index contributed by atoms with van der Waals surface area (Å²) in [4.78, 5) is 34.5. The van der Waals surface area contributed by atoms with E-state index in [9.17, 15) is 14.9 Å². The molecule has 0 fully saturated rings. The maximum absolute atomic E-state index is 13.0. The molecule has 36 heavy (non-hydrogen) atoms. The second-order valence-electron chi connectivity index (χ2n) is 7.91. The van der Waals surface area contributed by atoms with Gasteiger partial charge in [-0.25, -0.2) is 9.97 Å². The van der Waals surface area contributed by atoms with Crippen LogP contribution in [0.15, 0.2) is 95.9 Å². The van der Waals surface area contributed by atoms with Gasteiger partial charge in [-0.1, -0.05) is 24.3 Å². The molecule has 0 spiro atoms. The van der Waals surface area contributed by atoms with Crippen LogP contribution < -0.4 is 15.6 Å². The van der Waals surface area contributed by atoms with Gasteiger partial charge in [-0.05, 0) is 61.5 Å². The summed E-state index contributed by atoms with van der Waals surface area (Å²) in [6, 6.07) is 26.1. The maximum atomic E-state index is 13.0. The molecule has 0 bridgehead atoms. The fourth-order valence-corrected chi connectivity index (χ4v) is 3.79. The van der Waals surface area contributed by atoms with Crippen molar-refractivity contribution in [3.05, 3.63) is 118 Å². The Morgan fingerprint density at radius 2 is 1.72 bits per heavy atom. The smallest absolute Gasteiger partial charge is 0.265 e. The lowest BCUT2D eigenvalue weighted by Gasteiger charge is -2.12. The summed E-state index contributed by atoms with van der Waals surface area (Å²) in [7, 11) is 0. The first-order valence-electron chi connectivity index (χ1n) is 11.1. The highest BCUT2D eigenvalue weighted by Gasteiger charge is 2.12. The summed E-state index contributed by atoms with van der Waals surface area (Å²) in [5.74, 6) is 0.930. The number of aryl methyl sites for hydroxylation is 1. The molecule has 1 amide bonds. The normalized spacial score (nSPS) is 10.6. The van der Waals surface area contributed by atoms with E-state index < -0.39 is 0 Å². The Morgan fingerprint density at radius 3 is 2.47 bits per heavy atom. The molecule has 174 valence electrons. The molecule has 0 aliphatic carbocycles. The molecule has 0 atom stereocenters. The molecule has 1 N–H and O–H groups in total. The molecule has 8 heteroatoms. The third-order valence-corrected chi connectivity index (χ3v) is 5.55. The van der Waals surface area contributed by atoms with Crippen LogP contribution in [-0.4, -0.2) is 20.4 Å². The van der Waals surface area contributed by atoms with E-state index in [-0.39, 0.29) is 11.5 Å². The highest BCUT2D eigenvalue weighted by Crippen LogP contribution is 2.24. The van der Waals surface area contributed by atoms with Gasteiger partial charge in [-0.3, -0.25) is 14.2 Å². The van der Waals surface area contributed by atoms with E-state index in [2.05, 4.69) is 21.4 Å². The topological polar surface area (TPSA) is 110 Å². The van der Waals surface area contributed by atoms with Gasteiger partial charge in [-0.2, -0.15) is 5.26 Å². The van der Waals surface area contributed by atoms with Crippen LogP contribution in [0.2, 0.25) is 0 Å². The number of hydrogen-bond acceptors (Lipinski definition) is 6. The van der Waals surface area contributed by atoms with E-state index in [1.807, 2.05) is 6.07 Å². The van der Waals surface area contributed by atoms with E-state index in [0.717, 1.165) is 0 Å². The number of nitriles is 1. The van der Waals surface area contributed by atoms with Crippen LogP contribution in [0.3, 0.4) is 0 Å². The monoisotopic (exact) mass is 473 g/mol. The number of hydrogen-bond donors (Lipinski definition) is 1. The number of ether oxygens (including phenoxy) is 1. The second-order valence-corrected chi connectivity index (χ2v) is 7.91. The van der Waals surface area contributed by atoms with Gasteiger partial charge in [0.1, 0.15) is 17.6 Å². The number of para-hydroxylation sites is 2. The zero-order valence-electron chi connectivity index (χ0n) is 19.2. The van der Waals surface area contributed by atoms with Crippen LogP contribution in [-0.2, 0) is 0 Å². The number of benzene rings is 3. The Hall–Kier alpha value is -5.29. The summed E-state index contributed by atoms with van der Waals surface area (Å²) >= 11 is 0. The van der Waals surface area contributed by atoms with E-state index in [4.69, 9.17) is 4.74 Å². The molecule has 8 nitrogen and oxygen atoms in total. The first-order valence-corrected chi connectivity index (χ1v) is 11.1. The number of nitrogens with one attached hydrogen (secondary N) is 1. The van der Waals surface area contributed by atoms with Gasteiger partial charge < -0.3 is 10.1 Å². The van der Waals surface area contributed by atoms with Crippen LogP contribution >= 0.6 is 0 Å². The Bertz CT molecular complexity index is 1680. The van der Waals surface area contributed by atoms with Gasteiger partial charge >= 0.3 is 0 Å². The van der Waals surface area contributed by atoms with Crippen molar-refractivity contribution in [3.63, 3.8) is 0 Å². The predicted octanol–water partition coefficient (Wildman–Crippen LogP) is 5.01. The first-order chi connectivity index (χ1) is 17.5. The van der Waals surface area contributed by atoms with Crippen molar-refractivity contribution in [1.82, 2.24) is 14.5 Å². The van der Waals surface area contributed by atoms with Crippen molar-refractivity contribution in [1.29, 1.82) is 5.26 Å². The van der Waals surface area contributed by atoms with Gasteiger partial charge in [0, 0.05) is 11.6 Å². The SMILES string of the molecule is Cc1nc2ccccc2c(=O)n1-c1ccc(C(=O)Nc2ccc(Oc3ccccc3C#N)nc2)cc1. The summed E-state index contributed by atoms with van der Waals surface area (Å²) in [6.45, 7) is 1.77. The average molecular weight is 473 g/mol. The van der Waals surface area contributed by atoms with Gasteiger partial charge in [0.05, 0.1) is 34.0 Å². The highest BCUT2D eigenvalue weighted by molar-refractivity contribution is 6.04. The largest absolute Gasteiger partial charge is 0.438 e. The highest BCUT2D eigenvalue weighted by atomic mass is 16.5. The molecular weight excluding hydrogens is 454 g/mol. The third kappa shape index (κ3) is 4.41. The van der Waals surface area contributed by atoms with Gasteiger partial charge in [0.15, 0.2) is 0 Å². The summed E-state index contributed by atoms with van der Waals surface area (Å²) in [5.41, 5.74) is 2.40. The van der Waals surface area contributed by atoms with E-state index in [0.29, 0.717) is 50.9 Å². The minimum absolute atomic E-state index is 0.166. The van der Waals surface area contributed by atoms with Crippen LogP contribution in [0.5, 0.6) is 11.6 Å². The van der Waals surface area contributed by atoms with Crippen molar-refractivity contribution in [2.24, 2.45) is 0 Å². The number of amides is 1. The van der Waals surface area contributed by atoms with Crippen molar-refractivity contribution in [2.75, 3.05) is 5.32 Å². The lowest BCUT2D eigenvalue weighted by atomic mass is 10.1. The minimum Gasteiger partial charge on any atom is -0.438 e. The number of aromatic nitrogens is 3. The number of anilines is 1. The number of pyridine rings is 1. The summed E-state index contributed by atoms with van der Waals surface area (Å²) in [5, 5.41) is 12.5. The van der Waals surface area contributed by atoms with Crippen LogP contribution in [0, 0.1) is 18.3 Å². The zero-order valence-corrected chi connectivity index (χ0v) is 19.2. The van der Waals surface area contributed by atoms with Crippen molar-refractivity contribution in [3.8, 4) is 23.4 Å². The molecule has 3 aromatic carbocycles. The number of rotatable bonds is 5. The lowest BCUT2D eigenvalue weighted by Crippen LogP contribution is -2.22.